The Morgan fingerprint density at radius 1 is 1.03 bits per heavy atom. The molecule has 2 atom stereocenters. The third kappa shape index (κ3) is 4.60. The van der Waals surface area contributed by atoms with Crippen molar-refractivity contribution in [3.8, 4) is 0 Å². The number of carbonyl (C=O) groups is 2. The van der Waals surface area contributed by atoms with Crippen molar-refractivity contribution in [3.05, 3.63) is 59.3 Å². The third-order valence-electron chi connectivity index (χ3n) is 7.42. The molecule has 2 N–H and O–H groups in total. The summed E-state index contributed by atoms with van der Waals surface area (Å²) >= 11 is 0. The van der Waals surface area contributed by atoms with Crippen LogP contribution >= 0.6 is 0 Å². The molecule has 1 amide bonds. The first-order chi connectivity index (χ1) is 16.1. The molecule has 0 radical (unpaired) electrons. The van der Waals surface area contributed by atoms with Crippen LogP contribution in [-0.4, -0.2) is 64.5 Å². The fourth-order valence-electron chi connectivity index (χ4n) is 5.59. The van der Waals surface area contributed by atoms with Gasteiger partial charge in [0.05, 0.1) is 5.92 Å². The lowest BCUT2D eigenvalue weighted by Gasteiger charge is -2.34. The monoisotopic (exact) mass is 448 g/mol. The molecule has 0 spiro atoms. The van der Waals surface area contributed by atoms with Crippen molar-refractivity contribution in [3.63, 3.8) is 0 Å². The summed E-state index contributed by atoms with van der Waals surface area (Å²) in [6.07, 6.45) is 4.82. The number of aryl methyl sites for hydroxylation is 1. The molecule has 4 heterocycles. The van der Waals surface area contributed by atoms with Crippen molar-refractivity contribution < 1.29 is 14.7 Å². The number of hydrogen-bond acceptors (Lipinski definition) is 5. The van der Waals surface area contributed by atoms with E-state index in [4.69, 9.17) is 4.98 Å². The number of aliphatic carboxylic acids is 1. The molecule has 0 unspecified atom stereocenters. The first-order valence-electron chi connectivity index (χ1n) is 12.1. The maximum atomic E-state index is 13.2. The Morgan fingerprint density at radius 2 is 1.82 bits per heavy atom. The van der Waals surface area contributed by atoms with E-state index in [1.807, 2.05) is 40.1 Å². The second kappa shape index (κ2) is 9.51. The Hall–Kier alpha value is -2.93. The highest BCUT2D eigenvalue weighted by Gasteiger charge is 2.38. The minimum absolute atomic E-state index is 0.127. The van der Waals surface area contributed by atoms with Crippen LogP contribution in [0.2, 0.25) is 0 Å². The molecule has 5 rings (SSSR count). The molecular formula is C26H32N4O3. The predicted octanol–water partition coefficient (Wildman–Crippen LogP) is 3.29. The van der Waals surface area contributed by atoms with E-state index in [-0.39, 0.29) is 11.8 Å². The Kier molecular flexibility index (Phi) is 6.31. The topological polar surface area (TPSA) is 85.8 Å². The first kappa shape index (κ1) is 21.9. The highest BCUT2D eigenvalue weighted by atomic mass is 16.4. The molecule has 3 aliphatic heterocycles. The Bertz CT molecular complexity index is 1000. The van der Waals surface area contributed by atoms with Crippen LogP contribution in [0.25, 0.3) is 0 Å². The van der Waals surface area contributed by atoms with Gasteiger partial charge < -0.3 is 15.3 Å². The number of carboxylic acid groups (broad SMARTS) is 1. The van der Waals surface area contributed by atoms with Crippen molar-refractivity contribution in [2.75, 3.05) is 38.0 Å². The lowest BCUT2D eigenvalue weighted by atomic mass is 9.91. The number of pyridine rings is 1. The summed E-state index contributed by atoms with van der Waals surface area (Å²) in [6, 6.07) is 13.0. The minimum atomic E-state index is -0.859. The van der Waals surface area contributed by atoms with Crippen LogP contribution in [0.1, 0.15) is 54.5 Å². The number of fused-ring (bicyclic) bond motifs is 1. The van der Waals surface area contributed by atoms with Gasteiger partial charge in [0.25, 0.3) is 0 Å². The van der Waals surface area contributed by atoms with Gasteiger partial charge in [-0.3, -0.25) is 14.5 Å². The zero-order chi connectivity index (χ0) is 22.8. The molecule has 1 aromatic carbocycles. The summed E-state index contributed by atoms with van der Waals surface area (Å²) < 4.78 is 0. The molecule has 0 bridgehead atoms. The highest BCUT2D eigenvalue weighted by molar-refractivity contribution is 5.80. The summed E-state index contributed by atoms with van der Waals surface area (Å²) in [4.78, 5) is 34.0. The number of amides is 1. The number of rotatable bonds is 5. The third-order valence-corrected chi connectivity index (χ3v) is 7.42. The van der Waals surface area contributed by atoms with Gasteiger partial charge >= 0.3 is 5.97 Å². The standard InChI is InChI=1S/C26H32N4O3/c31-25(21-12-16-30(17-21)23(26(32)33)19-5-2-1-3-6-19)29-14-10-18(11-15-29)22-9-8-20-7-4-13-27-24(20)28-22/h1-3,5-6,8-9,18,21,23H,4,7,10-17H2,(H,27,28)(H,32,33)/t21-,23+/m1/s1. The van der Waals surface area contributed by atoms with Gasteiger partial charge in [-0.25, -0.2) is 4.98 Å². The molecule has 0 aliphatic carbocycles. The maximum absolute atomic E-state index is 13.2. The number of nitrogens with one attached hydrogen (secondary N) is 1. The fraction of sp³-hybridized carbons (Fsp3) is 0.500. The molecule has 2 fully saturated rings. The predicted molar refractivity (Wildman–Crippen MR) is 126 cm³/mol. The molecule has 174 valence electrons. The van der Waals surface area contributed by atoms with Gasteiger partial charge in [0, 0.05) is 44.3 Å². The summed E-state index contributed by atoms with van der Waals surface area (Å²) in [6.45, 7) is 3.61. The number of nitrogens with zero attached hydrogens (tertiary/aromatic N) is 3. The number of carbonyl (C=O) groups excluding carboxylic acids is 1. The number of hydrogen-bond donors (Lipinski definition) is 2. The molecule has 3 aliphatic rings. The normalized spacial score (nSPS) is 22.4. The van der Waals surface area contributed by atoms with Crippen molar-refractivity contribution in [2.45, 2.75) is 44.1 Å². The smallest absolute Gasteiger partial charge is 0.325 e. The molecular weight excluding hydrogens is 416 g/mol. The molecule has 1 aromatic heterocycles. The number of aromatic nitrogens is 1. The van der Waals surface area contributed by atoms with Crippen LogP contribution in [0.15, 0.2) is 42.5 Å². The van der Waals surface area contributed by atoms with Crippen LogP contribution in [0.5, 0.6) is 0 Å². The second-order valence-electron chi connectivity index (χ2n) is 9.51. The lowest BCUT2D eigenvalue weighted by molar-refractivity contribution is -0.144. The Balaban J connectivity index is 1.18. The van der Waals surface area contributed by atoms with E-state index in [1.165, 1.54) is 5.56 Å². The average molecular weight is 449 g/mol. The first-order valence-corrected chi connectivity index (χ1v) is 12.1. The summed E-state index contributed by atoms with van der Waals surface area (Å²) in [5.74, 6) is 0.612. The molecule has 33 heavy (non-hydrogen) atoms. The summed E-state index contributed by atoms with van der Waals surface area (Å²) in [5, 5.41) is 13.2. The van der Waals surface area contributed by atoms with E-state index in [0.717, 1.165) is 62.4 Å². The van der Waals surface area contributed by atoms with Crippen molar-refractivity contribution >= 4 is 17.7 Å². The maximum Gasteiger partial charge on any atom is 0.325 e. The average Bonchev–Trinajstić information content (AvgIpc) is 3.33. The lowest BCUT2D eigenvalue weighted by Crippen LogP contribution is -2.42. The largest absolute Gasteiger partial charge is 0.480 e. The van der Waals surface area contributed by atoms with Crippen molar-refractivity contribution in [2.24, 2.45) is 5.92 Å². The molecule has 2 aromatic rings. The summed E-state index contributed by atoms with van der Waals surface area (Å²) in [5.41, 5.74) is 3.21. The zero-order valence-corrected chi connectivity index (χ0v) is 18.9. The number of benzene rings is 1. The second-order valence-corrected chi connectivity index (χ2v) is 9.51. The van der Waals surface area contributed by atoms with E-state index >= 15 is 0 Å². The Labute approximate surface area is 194 Å². The highest BCUT2D eigenvalue weighted by Crippen LogP contribution is 2.33. The van der Waals surface area contributed by atoms with Gasteiger partial charge in [-0.15, -0.1) is 0 Å². The van der Waals surface area contributed by atoms with Crippen LogP contribution in [0.4, 0.5) is 5.82 Å². The van der Waals surface area contributed by atoms with E-state index in [2.05, 4.69) is 17.4 Å². The molecule has 7 heteroatoms. The van der Waals surface area contributed by atoms with E-state index in [1.54, 1.807) is 0 Å². The van der Waals surface area contributed by atoms with Gasteiger partial charge in [0.1, 0.15) is 11.9 Å². The summed E-state index contributed by atoms with van der Waals surface area (Å²) in [7, 11) is 0. The van der Waals surface area contributed by atoms with Crippen LogP contribution in [0, 0.1) is 5.92 Å². The van der Waals surface area contributed by atoms with E-state index in [0.29, 0.717) is 25.4 Å². The van der Waals surface area contributed by atoms with Crippen molar-refractivity contribution in [1.29, 1.82) is 0 Å². The molecule has 2 saturated heterocycles. The van der Waals surface area contributed by atoms with Gasteiger partial charge in [-0.1, -0.05) is 36.4 Å². The number of piperidine rings is 1. The van der Waals surface area contributed by atoms with Crippen molar-refractivity contribution in [1.82, 2.24) is 14.8 Å². The van der Waals surface area contributed by atoms with Gasteiger partial charge in [0.2, 0.25) is 5.91 Å². The van der Waals surface area contributed by atoms with Crippen LogP contribution < -0.4 is 5.32 Å². The molecule has 0 saturated carbocycles. The zero-order valence-electron chi connectivity index (χ0n) is 18.9. The quantitative estimate of drug-likeness (QED) is 0.730. The molecule has 7 nitrogen and oxygen atoms in total. The Morgan fingerprint density at radius 3 is 2.58 bits per heavy atom. The van der Waals surface area contributed by atoms with Gasteiger partial charge in [0.15, 0.2) is 0 Å². The fourth-order valence-corrected chi connectivity index (χ4v) is 5.59. The van der Waals surface area contributed by atoms with Gasteiger partial charge in [-0.2, -0.15) is 0 Å². The SMILES string of the molecule is O=C(O)[C@H](c1ccccc1)N1CC[C@@H](C(=O)N2CCC(c3ccc4c(n3)NCCC4)CC2)C1. The minimum Gasteiger partial charge on any atom is -0.480 e. The van der Waals surface area contributed by atoms with E-state index in [9.17, 15) is 14.7 Å². The van der Waals surface area contributed by atoms with Crippen LogP contribution in [-0.2, 0) is 16.0 Å². The van der Waals surface area contributed by atoms with Crippen LogP contribution in [0.3, 0.4) is 0 Å². The number of carboxylic acids is 1. The van der Waals surface area contributed by atoms with E-state index < -0.39 is 12.0 Å². The number of likely N-dealkylation sites (tertiary alicyclic amines) is 2. The van der Waals surface area contributed by atoms with Gasteiger partial charge in [-0.05, 0) is 49.3 Å². The number of anilines is 1.